The number of amides is 1. The predicted octanol–water partition coefficient (Wildman–Crippen LogP) is 4.12. The van der Waals surface area contributed by atoms with E-state index in [1.807, 2.05) is 54.8 Å². The van der Waals surface area contributed by atoms with Crippen LogP contribution in [-0.2, 0) is 24.2 Å². The zero-order valence-electron chi connectivity index (χ0n) is 19.8. The van der Waals surface area contributed by atoms with Crippen molar-refractivity contribution in [2.45, 2.75) is 36.4 Å². The molecule has 35 heavy (non-hydrogen) atoms. The molecule has 0 bridgehead atoms. The molecular weight excluding hydrogens is 470 g/mol. The third kappa shape index (κ3) is 8.65. The molecule has 0 heterocycles. The standard InChI is InChI=1S/C27H30F2N2O3S/c1-34-23-5-3-4-19(12-23)16-30-17-26(32)25(13-20-10-21(28)15-22(29)11-20)31-27(33)14-18-6-8-24(35-2)9-7-18/h3-12,15,25-26,30,32H,13-14,16-17H2,1-2H3,(H,31,33)/t25-,26-/m0/s1. The van der Waals surface area contributed by atoms with Crippen molar-refractivity contribution in [1.29, 1.82) is 0 Å². The number of rotatable bonds is 12. The third-order valence-electron chi connectivity index (χ3n) is 5.53. The quantitative estimate of drug-likeness (QED) is 0.327. The summed E-state index contributed by atoms with van der Waals surface area (Å²) in [6, 6.07) is 17.7. The summed E-state index contributed by atoms with van der Waals surface area (Å²) in [5.74, 6) is -0.960. The molecular formula is C27H30F2N2O3S. The number of carbonyl (C=O) groups excluding carboxylic acids is 1. The van der Waals surface area contributed by atoms with E-state index >= 15 is 0 Å². The molecule has 0 radical (unpaired) electrons. The summed E-state index contributed by atoms with van der Waals surface area (Å²) in [4.78, 5) is 13.9. The molecule has 3 aromatic carbocycles. The Balaban J connectivity index is 1.66. The Morgan fingerprint density at radius 1 is 1.00 bits per heavy atom. The number of carbonyl (C=O) groups is 1. The van der Waals surface area contributed by atoms with Crippen LogP contribution in [0.4, 0.5) is 8.78 Å². The lowest BCUT2D eigenvalue weighted by atomic mass is 10.00. The Bertz CT molecular complexity index is 1090. The van der Waals surface area contributed by atoms with E-state index in [0.717, 1.165) is 27.8 Å². The van der Waals surface area contributed by atoms with Gasteiger partial charge < -0.3 is 20.5 Å². The van der Waals surface area contributed by atoms with Crippen molar-refractivity contribution in [2.75, 3.05) is 19.9 Å². The van der Waals surface area contributed by atoms with Crippen molar-refractivity contribution in [3.63, 3.8) is 0 Å². The summed E-state index contributed by atoms with van der Waals surface area (Å²) in [5.41, 5.74) is 2.16. The molecule has 3 rings (SSSR count). The molecule has 0 unspecified atom stereocenters. The highest BCUT2D eigenvalue weighted by molar-refractivity contribution is 7.98. The predicted molar refractivity (Wildman–Crippen MR) is 135 cm³/mol. The van der Waals surface area contributed by atoms with Gasteiger partial charge in [-0.1, -0.05) is 24.3 Å². The van der Waals surface area contributed by atoms with Crippen molar-refractivity contribution in [2.24, 2.45) is 0 Å². The molecule has 5 nitrogen and oxygen atoms in total. The normalized spacial score (nSPS) is 12.7. The number of ether oxygens (including phenoxy) is 1. The van der Waals surface area contributed by atoms with Gasteiger partial charge in [-0.2, -0.15) is 0 Å². The second kappa shape index (κ2) is 13.2. The Kier molecular flexibility index (Phi) is 10.1. The minimum absolute atomic E-state index is 0.0772. The summed E-state index contributed by atoms with van der Waals surface area (Å²) in [6.07, 6.45) is 1.20. The Morgan fingerprint density at radius 3 is 2.37 bits per heavy atom. The fourth-order valence-electron chi connectivity index (χ4n) is 3.74. The summed E-state index contributed by atoms with van der Waals surface area (Å²) in [6.45, 7) is 0.647. The van der Waals surface area contributed by atoms with E-state index in [2.05, 4.69) is 10.6 Å². The largest absolute Gasteiger partial charge is 0.497 e. The van der Waals surface area contributed by atoms with Crippen molar-refractivity contribution in [1.82, 2.24) is 10.6 Å². The van der Waals surface area contributed by atoms with Crippen LogP contribution in [-0.4, -0.2) is 43.1 Å². The third-order valence-corrected chi connectivity index (χ3v) is 6.27. The van der Waals surface area contributed by atoms with Crippen molar-refractivity contribution in [3.05, 3.63) is 95.1 Å². The molecule has 0 aliphatic rings. The molecule has 0 saturated heterocycles. The lowest BCUT2D eigenvalue weighted by molar-refractivity contribution is -0.122. The van der Waals surface area contributed by atoms with E-state index in [-0.39, 0.29) is 25.3 Å². The van der Waals surface area contributed by atoms with Gasteiger partial charge in [0.1, 0.15) is 17.4 Å². The average molecular weight is 501 g/mol. The maximum Gasteiger partial charge on any atom is 0.224 e. The van der Waals surface area contributed by atoms with Crippen LogP contribution in [0.25, 0.3) is 0 Å². The van der Waals surface area contributed by atoms with Gasteiger partial charge in [-0.25, -0.2) is 8.78 Å². The van der Waals surface area contributed by atoms with E-state index in [0.29, 0.717) is 12.1 Å². The Labute approximate surface area is 208 Å². The van der Waals surface area contributed by atoms with Gasteiger partial charge in [0.25, 0.3) is 0 Å². The molecule has 3 N–H and O–H groups in total. The number of hydrogen-bond donors (Lipinski definition) is 3. The molecule has 2 atom stereocenters. The maximum absolute atomic E-state index is 13.7. The Hall–Kier alpha value is -2.94. The number of thioether (sulfide) groups is 1. The summed E-state index contributed by atoms with van der Waals surface area (Å²) in [7, 11) is 1.59. The van der Waals surface area contributed by atoms with Crippen LogP contribution in [0.5, 0.6) is 5.75 Å². The number of nitrogens with one attached hydrogen (secondary N) is 2. The molecule has 1 amide bonds. The second-order valence-electron chi connectivity index (χ2n) is 8.23. The van der Waals surface area contributed by atoms with Crippen LogP contribution >= 0.6 is 11.8 Å². The summed E-state index contributed by atoms with van der Waals surface area (Å²) >= 11 is 1.61. The molecule has 0 spiro atoms. The second-order valence-corrected chi connectivity index (χ2v) is 9.11. The first-order valence-corrected chi connectivity index (χ1v) is 12.5. The summed E-state index contributed by atoms with van der Waals surface area (Å²) in [5, 5.41) is 16.9. The zero-order valence-corrected chi connectivity index (χ0v) is 20.6. The molecule has 0 aliphatic heterocycles. The molecule has 186 valence electrons. The van der Waals surface area contributed by atoms with Crippen molar-refractivity contribution in [3.8, 4) is 5.75 Å². The van der Waals surface area contributed by atoms with Crippen LogP contribution < -0.4 is 15.4 Å². The highest BCUT2D eigenvalue weighted by Crippen LogP contribution is 2.16. The van der Waals surface area contributed by atoms with Gasteiger partial charge in [0.15, 0.2) is 0 Å². The van der Waals surface area contributed by atoms with Crippen LogP contribution in [0, 0.1) is 11.6 Å². The highest BCUT2D eigenvalue weighted by atomic mass is 32.2. The van der Waals surface area contributed by atoms with Gasteiger partial charge in [-0.05, 0) is 65.8 Å². The van der Waals surface area contributed by atoms with Crippen molar-refractivity contribution >= 4 is 17.7 Å². The SMILES string of the molecule is COc1cccc(CNC[C@H](O)[C@H](Cc2cc(F)cc(F)c2)NC(=O)Cc2ccc(SC)cc2)c1. The van der Waals surface area contributed by atoms with E-state index in [1.54, 1.807) is 18.9 Å². The molecule has 3 aromatic rings. The minimum atomic E-state index is -0.991. The molecule has 0 aliphatic carbocycles. The van der Waals surface area contributed by atoms with Gasteiger partial charge in [0.2, 0.25) is 5.91 Å². The number of aliphatic hydroxyl groups is 1. The van der Waals surface area contributed by atoms with E-state index in [9.17, 15) is 18.7 Å². The van der Waals surface area contributed by atoms with Gasteiger partial charge >= 0.3 is 0 Å². The van der Waals surface area contributed by atoms with Crippen LogP contribution in [0.3, 0.4) is 0 Å². The molecule has 0 saturated carbocycles. The topological polar surface area (TPSA) is 70.6 Å². The van der Waals surface area contributed by atoms with E-state index in [1.165, 1.54) is 12.1 Å². The first-order valence-electron chi connectivity index (χ1n) is 11.2. The highest BCUT2D eigenvalue weighted by Gasteiger charge is 2.22. The number of halogens is 2. The number of hydrogen-bond acceptors (Lipinski definition) is 5. The number of methoxy groups -OCH3 is 1. The lowest BCUT2D eigenvalue weighted by Gasteiger charge is -2.25. The van der Waals surface area contributed by atoms with Crippen molar-refractivity contribution < 1.29 is 23.4 Å². The molecule has 8 heteroatoms. The first-order chi connectivity index (χ1) is 16.9. The van der Waals surface area contributed by atoms with Gasteiger partial charge in [-0.3, -0.25) is 4.79 Å². The average Bonchev–Trinajstić information content (AvgIpc) is 2.83. The van der Waals surface area contributed by atoms with Crippen LogP contribution in [0.15, 0.2) is 71.6 Å². The van der Waals surface area contributed by atoms with Crippen LogP contribution in [0.1, 0.15) is 16.7 Å². The fraction of sp³-hybridized carbons (Fsp3) is 0.296. The zero-order chi connectivity index (χ0) is 25.2. The Morgan fingerprint density at radius 2 is 1.71 bits per heavy atom. The fourth-order valence-corrected chi connectivity index (χ4v) is 4.15. The monoisotopic (exact) mass is 500 g/mol. The molecule has 0 fully saturated rings. The number of benzene rings is 3. The smallest absolute Gasteiger partial charge is 0.224 e. The van der Waals surface area contributed by atoms with E-state index < -0.39 is 23.8 Å². The first kappa shape index (κ1) is 26.7. The van der Waals surface area contributed by atoms with Gasteiger partial charge in [0.05, 0.1) is 25.7 Å². The van der Waals surface area contributed by atoms with Gasteiger partial charge in [0, 0.05) is 24.1 Å². The maximum atomic E-state index is 13.7. The van der Waals surface area contributed by atoms with E-state index in [4.69, 9.17) is 4.74 Å². The number of aliphatic hydroxyl groups excluding tert-OH is 1. The summed E-state index contributed by atoms with van der Waals surface area (Å²) < 4.78 is 32.7. The molecule has 0 aromatic heterocycles. The minimum Gasteiger partial charge on any atom is -0.497 e. The van der Waals surface area contributed by atoms with Gasteiger partial charge in [-0.15, -0.1) is 11.8 Å². The van der Waals surface area contributed by atoms with Crippen LogP contribution in [0.2, 0.25) is 0 Å². The lowest BCUT2D eigenvalue weighted by Crippen LogP contribution is -2.49.